The van der Waals surface area contributed by atoms with E-state index in [-0.39, 0.29) is 12.1 Å². The van der Waals surface area contributed by atoms with Crippen molar-refractivity contribution in [3.05, 3.63) is 35.7 Å². The smallest absolute Gasteiger partial charge is 0.410 e. The maximum absolute atomic E-state index is 12.4. The predicted octanol–water partition coefficient (Wildman–Crippen LogP) is 4.18. The molecule has 1 amide bonds. The molecule has 1 aromatic carbocycles. The van der Waals surface area contributed by atoms with Gasteiger partial charge in [0.05, 0.1) is 0 Å². The van der Waals surface area contributed by atoms with Crippen LogP contribution in [0.5, 0.6) is 0 Å². The van der Waals surface area contributed by atoms with Gasteiger partial charge in [-0.1, -0.05) is 11.1 Å². The number of ether oxygens (including phenoxy) is 1. The Morgan fingerprint density at radius 1 is 1.31 bits per heavy atom. The van der Waals surface area contributed by atoms with Gasteiger partial charge in [0.1, 0.15) is 11.6 Å². The van der Waals surface area contributed by atoms with Crippen LogP contribution in [0.15, 0.2) is 28.8 Å². The van der Waals surface area contributed by atoms with Gasteiger partial charge in [0.2, 0.25) is 11.7 Å². The van der Waals surface area contributed by atoms with Crippen LogP contribution in [0.25, 0.3) is 11.4 Å². The van der Waals surface area contributed by atoms with E-state index in [0.717, 1.165) is 24.0 Å². The van der Waals surface area contributed by atoms with E-state index < -0.39 is 5.60 Å². The van der Waals surface area contributed by atoms with Crippen molar-refractivity contribution in [2.75, 3.05) is 6.54 Å². The predicted molar refractivity (Wildman–Crippen MR) is 97.2 cm³/mol. The number of hydrogen-bond acceptors (Lipinski definition) is 5. The Kier molecular flexibility index (Phi) is 4.99. The first-order chi connectivity index (χ1) is 12.4. The summed E-state index contributed by atoms with van der Waals surface area (Å²) in [5.74, 6) is 6.82. The maximum Gasteiger partial charge on any atom is 0.410 e. The van der Waals surface area contributed by atoms with Gasteiger partial charge in [-0.15, -0.1) is 5.92 Å². The molecule has 0 aliphatic carbocycles. The summed E-state index contributed by atoms with van der Waals surface area (Å²) in [7, 11) is 0. The summed E-state index contributed by atoms with van der Waals surface area (Å²) in [4.78, 5) is 18.6. The van der Waals surface area contributed by atoms with Gasteiger partial charge in [-0.2, -0.15) is 4.98 Å². The van der Waals surface area contributed by atoms with Crippen LogP contribution in [0, 0.1) is 11.8 Å². The molecular formula is C20H23N3O3. The molecule has 1 aliphatic heterocycles. The Balaban J connectivity index is 1.77. The zero-order chi connectivity index (χ0) is 18.7. The molecule has 6 heteroatoms. The average Bonchev–Trinajstić information content (AvgIpc) is 3.23. The van der Waals surface area contributed by atoms with E-state index in [2.05, 4.69) is 22.0 Å². The van der Waals surface area contributed by atoms with Crippen LogP contribution in [0.2, 0.25) is 0 Å². The number of amides is 1. The molecule has 1 saturated heterocycles. The Morgan fingerprint density at radius 3 is 2.69 bits per heavy atom. The summed E-state index contributed by atoms with van der Waals surface area (Å²) in [6.45, 7) is 7.99. The minimum absolute atomic E-state index is 0.240. The third-order valence-electron chi connectivity index (χ3n) is 4.02. The molecule has 0 N–H and O–H groups in total. The van der Waals surface area contributed by atoms with Gasteiger partial charge in [-0.3, -0.25) is 4.90 Å². The van der Waals surface area contributed by atoms with E-state index in [1.165, 1.54) is 0 Å². The molecule has 0 radical (unpaired) electrons. The van der Waals surface area contributed by atoms with Crippen molar-refractivity contribution in [3.8, 4) is 23.2 Å². The fraction of sp³-hybridized carbons (Fsp3) is 0.450. The van der Waals surface area contributed by atoms with Crippen molar-refractivity contribution >= 4 is 6.09 Å². The monoisotopic (exact) mass is 353 g/mol. The van der Waals surface area contributed by atoms with Crippen molar-refractivity contribution < 1.29 is 14.1 Å². The molecule has 2 heterocycles. The first-order valence-corrected chi connectivity index (χ1v) is 8.74. The zero-order valence-corrected chi connectivity index (χ0v) is 15.6. The lowest BCUT2D eigenvalue weighted by molar-refractivity contribution is 0.0199. The number of benzene rings is 1. The summed E-state index contributed by atoms with van der Waals surface area (Å²) in [6, 6.07) is 7.43. The Morgan fingerprint density at radius 2 is 2.04 bits per heavy atom. The number of nitrogens with zero attached hydrogens (tertiary/aromatic N) is 3. The summed E-state index contributed by atoms with van der Waals surface area (Å²) in [5, 5.41) is 4.07. The largest absolute Gasteiger partial charge is 0.444 e. The fourth-order valence-corrected chi connectivity index (χ4v) is 2.90. The molecule has 1 fully saturated rings. The third kappa shape index (κ3) is 4.05. The number of rotatable bonds is 2. The highest BCUT2D eigenvalue weighted by molar-refractivity contribution is 5.69. The van der Waals surface area contributed by atoms with Gasteiger partial charge in [0.15, 0.2) is 0 Å². The van der Waals surface area contributed by atoms with Crippen LogP contribution >= 0.6 is 0 Å². The lowest BCUT2D eigenvalue weighted by atomic mass is 10.1. The molecule has 0 unspecified atom stereocenters. The normalized spacial score (nSPS) is 16.9. The number of hydrogen-bond donors (Lipinski definition) is 0. The maximum atomic E-state index is 12.4. The Bertz CT molecular complexity index is 838. The highest BCUT2D eigenvalue weighted by Crippen LogP contribution is 2.33. The molecule has 1 aliphatic rings. The van der Waals surface area contributed by atoms with E-state index in [9.17, 15) is 4.79 Å². The second-order valence-electron chi connectivity index (χ2n) is 7.24. The van der Waals surface area contributed by atoms with E-state index in [0.29, 0.717) is 18.3 Å². The van der Waals surface area contributed by atoms with Crippen molar-refractivity contribution in [2.24, 2.45) is 0 Å². The minimum Gasteiger partial charge on any atom is -0.444 e. The summed E-state index contributed by atoms with van der Waals surface area (Å²) >= 11 is 0. The van der Waals surface area contributed by atoms with Gasteiger partial charge in [0.25, 0.3) is 0 Å². The molecule has 6 nitrogen and oxygen atoms in total. The molecule has 0 saturated carbocycles. The molecule has 2 aromatic rings. The molecule has 0 bridgehead atoms. The minimum atomic E-state index is -0.534. The van der Waals surface area contributed by atoms with E-state index in [4.69, 9.17) is 9.26 Å². The number of aromatic nitrogens is 2. The molecule has 3 rings (SSSR count). The number of carbonyl (C=O) groups excluding carboxylic acids is 1. The van der Waals surface area contributed by atoms with Crippen LogP contribution < -0.4 is 0 Å². The Hall–Kier alpha value is -2.81. The molecular weight excluding hydrogens is 330 g/mol. The van der Waals surface area contributed by atoms with Crippen LogP contribution in [-0.2, 0) is 4.74 Å². The lowest BCUT2D eigenvalue weighted by Gasteiger charge is -2.26. The van der Waals surface area contributed by atoms with E-state index in [1.54, 1.807) is 11.8 Å². The van der Waals surface area contributed by atoms with Gasteiger partial charge in [-0.05, 0) is 64.8 Å². The SMILES string of the molecule is CC#Cc1ccc(-c2noc([C@@H]3CCCN3C(=O)OC(C)(C)C)n2)cc1. The third-order valence-corrected chi connectivity index (χ3v) is 4.02. The zero-order valence-electron chi connectivity index (χ0n) is 15.6. The van der Waals surface area contributed by atoms with Crippen molar-refractivity contribution in [2.45, 2.75) is 52.2 Å². The van der Waals surface area contributed by atoms with Crippen LogP contribution in [-0.4, -0.2) is 33.3 Å². The Labute approximate surface area is 153 Å². The van der Waals surface area contributed by atoms with Crippen molar-refractivity contribution in [1.82, 2.24) is 15.0 Å². The molecule has 1 atom stereocenters. The van der Waals surface area contributed by atoms with Gasteiger partial charge < -0.3 is 9.26 Å². The second-order valence-corrected chi connectivity index (χ2v) is 7.24. The molecule has 1 aromatic heterocycles. The van der Waals surface area contributed by atoms with E-state index >= 15 is 0 Å². The molecule has 0 spiro atoms. The average molecular weight is 353 g/mol. The first-order valence-electron chi connectivity index (χ1n) is 8.74. The standard InChI is InChI=1S/C20H23N3O3/c1-5-7-14-9-11-15(12-10-14)17-21-18(26-22-17)16-8-6-13-23(16)19(24)25-20(2,3)4/h9-12,16H,6,8,13H2,1-4H3/t16-/m0/s1. The van der Waals surface area contributed by atoms with E-state index in [1.807, 2.05) is 45.0 Å². The number of likely N-dealkylation sites (tertiary alicyclic amines) is 1. The summed E-state index contributed by atoms with van der Waals surface area (Å²) < 4.78 is 10.9. The van der Waals surface area contributed by atoms with Gasteiger partial charge in [-0.25, -0.2) is 4.79 Å². The van der Waals surface area contributed by atoms with Crippen LogP contribution in [0.4, 0.5) is 4.79 Å². The molecule has 26 heavy (non-hydrogen) atoms. The van der Waals surface area contributed by atoms with Gasteiger partial charge in [0, 0.05) is 17.7 Å². The summed E-state index contributed by atoms with van der Waals surface area (Å²) in [5.41, 5.74) is 1.25. The van der Waals surface area contributed by atoms with Gasteiger partial charge >= 0.3 is 6.09 Å². The van der Waals surface area contributed by atoms with Crippen LogP contribution in [0.1, 0.15) is 58.0 Å². The second kappa shape index (κ2) is 7.20. The van der Waals surface area contributed by atoms with Crippen LogP contribution in [0.3, 0.4) is 0 Å². The first kappa shape index (κ1) is 18.0. The highest BCUT2D eigenvalue weighted by Gasteiger charge is 2.36. The summed E-state index contributed by atoms with van der Waals surface area (Å²) in [6.07, 6.45) is 1.32. The fourth-order valence-electron chi connectivity index (χ4n) is 2.90. The number of carbonyl (C=O) groups is 1. The van der Waals surface area contributed by atoms with Crippen molar-refractivity contribution in [1.29, 1.82) is 0 Å². The topological polar surface area (TPSA) is 68.5 Å². The van der Waals surface area contributed by atoms with Crippen molar-refractivity contribution in [3.63, 3.8) is 0 Å². The highest BCUT2D eigenvalue weighted by atomic mass is 16.6. The molecule has 136 valence electrons. The lowest BCUT2D eigenvalue weighted by Crippen LogP contribution is -2.36. The quantitative estimate of drug-likeness (QED) is 0.758.